The van der Waals surface area contributed by atoms with Gasteiger partial charge in [-0.25, -0.2) is 0 Å². The maximum Gasteiger partial charge on any atom is 0.416 e. The summed E-state index contributed by atoms with van der Waals surface area (Å²) in [7, 11) is 0. The van der Waals surface area contributed by atoms with Crippen molar-refractivity contribution in [2.24, 2.45) is 0 Å². The van der Waals surface area contributed by atoms with E-state index in [1.54, 1.807) is 31.2 Å². The zero-order chi connectivity index (χ0) is 18.4. The highest BCUT2D eigenvalue weighted by Crippen LogP contribution is 2.29. The predicted octanol–water partition coefficient (Wildman–Crippen LogP) is 4.54. The SMILES string of the molecule is CCOc1ccc(NC(C)C(=O)Nc2ccc(C(F)(F)F)cc2)cc1. The molecular weight excluding hydrogens is 333 g/mol. The molecule has 4 nitrogen and oxygen atoms in total. The van der Waals surface area contributed by atoms with Crippen LogP contribution in [0, 0.1) is 0 Å². The number of carbonyl (C=O) groups excluding carboxylic acids is 1. The monoisotopic (exact) mass is 352 g/mol. The molecule has 2 rings (SSSR count). The molecule has 2 aromatic carbocycles. The van der Waals surface area contributed by atoms with E-state index >= 15 is 0 Å². The van der Waals surface area contributed by atoms with E-state index < -0.39 is 17.8 Å². The molecule has 134 valence electrons. The predicted molar refractivity (Wildman–Crippen MR) is 90.8 cm³/mol. The summed E-state index contributed by atoms with van der Waals surface area (Å²) in [5.74, 6) is 0.378. The van der Waals surface area contributed by atoms with Crippen LogP contribution in [0.25, 0.3) is 0 Å². The molecule has 2 N–H and O–H groups in total. The first kappa shape index (κ1) is 18.6. The van der Waals surface area contributed by atoms with Crippen molar-refractivity contribution >= 4 is 17.3 Å². The zero-order valence-corrected chi connectivity index (χ0v) is 13.9. The Labute approximate surface area is 144 Å². The van der Waals surface area contributed by atoms with Crippen LogP contribution in [0.1, 0.15) is 19.4 Å². The van der Waals surface area contributed by atoms with Crippen molar-refractivity contribution in [3.63, 3.8) is 0 Å². The molecule has 1 atom stereocenters. The Balaban J connectivity index is 1.93. The largest absolute Gasteiger partial charge is 0.494 e. The molecule has 0 bridgehead atoms. The molecule has 1 unspecified atom stereocenters. The number of anilines is 2. The summed E-state index contributed by atoms with van der Waals surface area (Å²) in [6.45, 7) is 4.12. The highest BCUT2D eigenvalue weighted by molar-refractivity contribution is 5.96. The Bertz CT molecular complexity index is 698. The Kier molecular flexibility index (Phi) is 5.90. The molecule has 0 aromatic heterocycles. The molecule has 0 saturated carbocycles. The van der Waals surface area contributed by atoms with Crippen molar-refractivity contribution in [1.82, 2.24) is 0 Å². The van der Waals surface area contributed by atoms with Crippen LogP contribution >= 0.6 is 0 Å². The third kappa shape index (κ3) is 5.41. The molecule has 1 amide bonds. The molecule has 0 radical (unpaired) electrons. The van der Waals surface area contributed by atoms with Gasteiger partial charge in [0, 0.05) is 11.4 Å². The van der Waals surface area contributed by atoms with Gasteiger partial charge in [-0.15, -0.1) is 0 Å². The quantitative estimate of drug-likeness (QED) is 0.802. The average molecular weight is 352 g/mol. The third-order valence-electron chi connectivity index (χ3n) is 3.42. The minimum absolute atomic E-state index is 0.304. The van der Waals surface area contributed by atoms with Gasteiger partial charge in [0.15, 0.2) is 0 Å². The van der Waals surface area contributed by atoms with Crippen molar-refractivity contribution in [2.75, 3.05) is 17.2 Å². The van der Waals surface area contributed by atoms with E-state index in [0.717, 1.165) is 23.6 Å². The Hall–Kier alpha value is -2.70. The van der Waals surface area contributed by atoms with Gasteiger partial charge in [0.05, 0.1) is 12.2 Å². The fraction of sp³-hybridized carbons (Fsp3) is 0.278. The Morgan fingerprint density at radius 2 is 1.60 bits per heavy atom. The maximum atomic E-state index is 12.5. The van der Waals surface area contributed by atoms with Crippen LogP contribution in [0.4, 0.5) is 24.5 Å². The van der Waals surface area contributed by atoms with Crippen LogP contribution in [0.2, 0.25) is 0 Å². The van der Waals surface area contributed by atoms with E-state index in [1.165, 1.54) is 12.1 Å². The third-order valence-corrected chi connectivity index (χ3v) is 3.42. The lowest BCUT2D eigenvalue weighted by molar-refractivity contribution is -0.137. The molecule has 0 heterocycles. The number of hydrogen-bond donors (Lipinski definition) is 2. The molecule has 7 heteroatoms. The number of halogens is 3. The van der Waals surface area contributed by atoms with E-state index in [4.69, 9.17) is 4.74 Å². The number of hydrogen-bond acceptors (Lipinski definition) is 3. The van der Waals surface area contributed by atoms with Gasteiger partial charge in [0.2, 0.25) is 5.91 Å². The fourth-order valence-electron chi connectivity index (χ4n) is 2.12. The van der Waals surface area contributed by atoms with Gasteiger partial charge in [-0.1, -0.05) is 0 Å². The van der Waals surface area contributed by atoms with Gasteiger partial charge in [-0.3, -0.25) is 4.79 Å². The minimum Gasteiger partial charge on any atom is -0.494 e. The van der Waals surface area contributed by atoms with Crippen LogP contribution < -0.4 is 15.4 Å². The van der Waals surface area contributed by atoms with Crippen molar-refractivity contribution < 1.29 is 22.7 Å². The molecule has 0 saturated heterocycles. The Morgan fingerprint density at radius 1 is 1.04 bits per heavy atom. The van der Waals surface area contributed by atoms with Gasteiger partial charge in [0.1, 0.15) is 11.8 Å². The second kappa shape index (κ2) is 7.92. The van der Waals surface area contributed by atoms with E-state index in [-0.39, 0.29) is 5.91 Å². The smallest absolute Gasteiger partial charge is 0.416 e. The summed E-state index contributed by atoms with van der Waals surface area (Å²) < 4.78 is 42.9. The number of ether oxygens (including phenoxy) is 1. The van der Waals surface area contributed by atoms with Crippen molar-refractivity contribution in [3.8, 4) is 5.75 Å². The lowest BCUT2D eigenvalue weighted by atomic mass is 10.2. The molecule has 2 aromatic rings. The molecule has 0 aliphatic carbocycles. The number of alkyl halides is 3. The molecule has 0 fully saturated rings. The fourth-order valence-corrected chi connectivity index (χ4v) is 2.12. The van der Waals surface area contributed by atoms with Crippen LogP contribution in [0.5, 0.6) is 5.75 Å². The minimum atomic E-state index is -4.40. The summed E-state index contributed by atoms with van der Waals surface area (Å²) in [6.07, 6.45) is -4.40. The molecular formula is C18H19F3N2O2. The van der Waals surface area contributed by atoms with E-state index in [0.29, 0.717) is 12.3 Å². The summed E-state index contributed by atoms with van der Waals surface area (Å²) in [4.78, 5) is 12.1. The molecule has 0 aliphatic rings. The van der Waals surface area contributed by atoms with Gasteiger partial charge in [-0.05, 0) is 62.4 Å². The summed E-state index contributed by atoms with van der Waals surface area (Å²) in [6, 6.07) is 10.9. The number of benzene rings is 2. The summed E-state index contributed by atoms with van der Waals surface area (Å²) in [5, 5.41) is 5.60. The maximum absolute atomic E-state index is 12.5. The lowest BCUT2D eigenvalue weighted by Gasteiger charge is -2.16. The zero-order valence-electron chi connectivity index (χ0n) is 13.9. The number of rotatable bonds is 6. The van der Waals surface area contributed by atoms with Crippen molar-refractivity contribution in [3.05, 3.63) is 54.1 Å². The summed E-state index contributed by atoms with van der Waals surface area (Å²) >= 11 is 0. The first-order valence-electron chi connectivity index (χ1n) is 7.77. The van der Waals surface area contributed by atoms with E-state index in [2.05, 4.69) is 10.6 Å². The standard InChI is InChI=1S/C18H19F3N2O2/c1-3-25-16-10-8-14(9-11-16)22-12(2)17(24)23-15-6-4-13(5-7-15)18(19,20)21/h4-12,22H,3H2,1-2H3,(H,23,24). The molecule has 25 heavy (non-hydrogen) atoms. The van der Waals surface area contributed by atoms with Crippen LogP contribution in [-0.4, -0.2) is 18.6 Å². The van der Waals surface area contributed by atoms with Gasteiger partial charge in [-0.2, -0.15) is 13.2 Å². The second-order valence-corrected chi connectivity index (χ2v) is 5.39. The first-order chi connectivity index (χ1) is 11.8. The topological polar surface area (TPSA) is 50.4 Å². The van der Waals surface area contributed by atoms with Crippen LogP contribution in [0.15, 0.2) is 48.5 Å². The first-order valence-corrected chi connectivity index (χ1v) is 7.77. The highest BCUT2D eigenvalue weighted by atomic mass is 19.4. The van der Waals surface area contributed by atoms with Gasteiger partial charge < -0.3 is 15.4 Å². The average Bonchev–Trinajstić information content (AvgIpc) is 2.56. The number of nitrogens with one attached hydrogen (secondary N) is 2. The second-order valence-electron chi connectivity index (χ2n) is 5.39. The van der Waals surface area contributed by atoms with Gasteiger partial charge in [0.25, 0.3) is 0 Å². The summed E-state index contributed by atoms with van der Waals surface area (Å²) in [5.41, 5.74) is 0.280. The number of carbonyl (C=O) groups is 1. The van der Waals surface area contributed by atoms with Crippen LogP contribution in [0.3, 0.4) is 0 Å². The number of amides is 1. The molecule has 0 spiro atoms. The Morgan fingerprint density at radius 3 is 2.12 bits per heavy atom. The lowest BCUT2D eigenvalue weighted by Crippen LogP contribution is -2.31. The van der Waals surface area contributed by atoms with Gasteiger partial charge >= 0.3 is 6.18 Å². The van der Waals surface area contributed by atoms with E-state index in [9.17, 15) is 18.0 Å². The molecule has 0 aliphatic heterocycles. The van der Waals surface area contributed by atoms with E-state index in [1.807, 2.05) is 6.92 Å². The highest BCUT2D eigenvalue weighted by Gasteiger charge is 2.30. The van der Waals surface area contributed by atoms with Crippen molar-refractivity contribution in [2.45, 2.75) is 26.1 Å². The van der Waals surface area contributed by atoms with Crippen LogP contribution in [-0.2, 0) is 11.0 Å². The normalized spacial score (nSPS) is 12.4. The van der Waals surface area contributed by atoms with Crippen molar-refractivity contribution in [1.29, 1.82) is 0 Å².